The quantitative estimate of drug-likeness (QED) is 0.320. The first-order chi connectivity index (χ1) is 15.2. The number of aliphatic hydroxyl groups excluding tert-OH is 3. The summed E-state index contributed by atoms with van der Waals surface area (Å²) in [6.45, 7) is 0. The summed E-state index contributed by atoms with van der Waals surface area (Å²) in [5.74, 6) is -2.25. The summed E-state index contributed by atoms with van der Waals surface area (Å²) >= 11 is 0. The van der Waals surface area contributed by atoms with Crippen molar-refractivity contribution in [2.75, 3.05) is 0 Å². The van der Waals surface area contributed by atoms with Crippen molar-refractivity contribution >= 4 is 16.9 Å². The van der Waals surface area contributed by atoms with Crippen LogP contribution in [0.15, 0.2) is 51.9 Å². The zero-order chi connectivity index (χ0) is 23.2. The van der Waals surface area contributed by atoms with Gasteiger partial charge < -0.3 is 44.5 Å². The third-order valence-electron chi connectivity index (χ3n) is 5.07. The molecule has 0 radical (unpaired) electrons. The van der Waals surface area contributed by atoms with Gasteiger partial charge in [-0.1, -0.05) is 12.1 Å². The number of aliphatic carboxylic acids is 1. The molecule has 1 aromatic heterocycles. The fourth-order valence-corrected chi connectivity index (χ4v) is 3.40. The molecule has 0 saturated carbocycles. The molecule has 0 spiro atoms. The normalized spacial score (nSPS) is 25.5. The van der Waals surface area contributed by atoms with Gasteiger partial charge in [0.15, 0.2) is 6.10 Å². The molecule has 168 valence electrons. The maximum Gasteiger partial charge on any atom is 0.335 e. The van der Waals surface area contributed by atoms with Crippen molar-refractivity contribution in [2.45, 2.75) is 30.7 Å². The van der Waals surface area contributed by atoms with Crippen LogP contribution in [0.3, 0.4) is 0 Å². The molecule has 5 atom stereocenters. The average molecular weight is 446 g/mol. The first-order valence-corrected chi connectivity index (χ1v) is 9.34. The van der Waals surface area contributed by atoms with E-state index in [1.165, 1.54) is 30.3 Å². The van der Waals surface area contributed by atoms with Crippen molar-refractivity contribution in [1.29, 1.82) is 0 Å². The summed E-state index contributed by atoms with van der Waals surface area (Å²) in [6, 6.07) is 8.02. The van der Waals surface area contributed by atoms with E-state index in [0.717, 1.165) is 12.3 Å². The summed E-state index contributed by atoms with van der Waals surface area (Å²) in [5.41, 5.74) is -0.0503. The molecule has 0 bridgehead atoms. The summed E-state index contributed by atoms with van der Waals surface area (Å²) in [5, 5.41) is 58.5. The standard InChI is InChI=1S/C21H18O11/c22-9-3-1-8(2-4-9)11-7-30-13-6-10(5-12(23)14(13)15(11)24)31-21-18(27)16(25)17(26)19(32-21)20(28)29/h1-7,16-19,21-23,25-27H,(H,28,29)/t16-,17-,18+,19-,21?/m0/s1. The number of fused-ring (bicyclic) bond motifs is 1. The van der Waals surface area contributed by atoms with Crippen LogP contribution in [0.5, 0.6) is 17.2 Å². The second-order valence-electron chi connectivity index (χ2n) is 7.19. The number of hydrogen-bond acceptors (Lipinski definition) is 10. The van der Waals surface area contributed by atoms with Gasteiger partial charge in [0.25, 0.3) is 0 Å². The minimum absolute atomic E-state index is 0.0125. The van der Waals surface area contributed by atoms with E-state index in [1.54, 1.807) is 0 Å². The second kappa shape index (κ2) is 8.13. The summed E-state index contributed by atoms with van der Waals surface area (Å²) in [6.07, 6.45) is -7.96. The number of phenolic OH excluding ortho intramolecular Hbond substituents is 2. The molecule has 3 aromatic rings. The van der Waals surface area contributed by atoms with Gasteiger partial charge in [-0.3, -0.25) is 4.79 Å². The molecule has 4 rings (SSSR count). The smallest absolute Gasteiger partial charge is 0.335 e. The molecule has 1 fully saturated rings. The van der Waals surface area contributed by atoms with E-state index >= 15 is 0 Å². The summed E-state index contributed by atoms with van der Waals surface area (Å²) in [4.78, 5) is 24.1. The molecule has 2 heterocycles. The molecule has 1 aliphatic heterocycles. The lowest BCUT2D eigenvalue weighted by atomic mass is 9.99. The molecule has 0 aliphatic carbocycles. The van der Waals surface area contributed by atoms with Gasteiger partial charge in [0, 0.05) is 12.1 Å². The van der Waals surface area contributed by atoms with Gasteiger partial charge >= 0.3 is 5.97 Å². The molecular weight excluding hydrogens is 428 g/mol. The van der Waals surface area contributed by atoms with E-state index in [2.05, 4.69) is 0 Å². The van der Waals surface area contributed by atoms with Crippen molar-refractivity contribution in [3.05, 3.63) is 52.9 Å². The van der Waals surface area contributed by atoms with Crippen molar-refractivity contribution in [3.63, 3.8) is 0 Å². The number of carboxylic acids is 1. The highest BCUT2D eigenvalue weighted by molar-refractivity contribution is 5.88. The van der Waals surface area contributed by atoms with Gasteiger partial charge in [-0.15, -0.1) is 0 Å². The molecule has 11 heteroatoms. The van der Waals surface area contributed by atoms with E-state index in [1.807, 2.05) is 0 Å². The predicted molar refractivity (Wildman–Crippen MR) is 106 cm³/mol. The van der Waals surface area contributed by atoms with E-state index in [4.69, 9.17) is 19.0 Å². The monoisotopic (exact) mass is 446 g/mol. The van der Waals surface area contributed by atoms with Crippen molar-refractivity contribution in [2.24, 2.45) is 0 Å². The number of benzene rings is 2. The van der Waals surface area contributed by atoms with Gasteiger partial charge in [-0.2, -0.15) is 0 Å². The van der Waals surface area contributed by atoms with Crippen LogP contribution in [0.25, 0.3) is 22.1 Å². The van der Waals surface area contributed by atoms with Crippen molar-refractivity contribution < 1.29 is 49.3 Å². The Morgan fingerprint density at radius 3 is 2.31 bits per heavy atom. The number of hydrogen-bond donors (Lipinski definition) is 6. The second-order valence-corrected chi connectivity index (χ2v) is 7.19. The Hall–Kier alpha value is -3.64. The molecular formula is C21H18O11. The van der Waals surface area contributed by atoms with E-state index in [0.29, 0.717) is 5.56 Å². The summed E-state index contributed by atoms with van der Waals surface area (Å²) < 4.78 is 15.9. The zero-order valence-electron chi connectivity index (χ0n) is 16.2. The molecule has 1 saturated heterocycles. The molecule has 32 heavy (non-hydrogen) atoms. The lowest BCUT2D eigenvalue weighted by Crippen LogP contribution is -2.61. The van der Waals surface area contributed by atoms with E-state index < -0.39 is 47.9 Å². The lowest BCUT2D eigenvalue weighted by Gasteiger charge is -2.38. The van der Waals surface area contributed by atoms with Crippen molar-refractivity contribution in [1.82, 2.24) is 0 Å². The van der Waals surface area contributed by atoms with E-state index in [9.17, 15) is 35.1 Å². The topological polar surface area (TPSA) is 187 Å². The van der Waals surface area contributed by atoms with Crippen LogP contribution in [0.2, 0.25) is 0 Å². The Kier molecular flexibility index (Phi) is 5.48. The molecule has 0 amide bonds. The molecule has 6 N–H and O–H groups in total. The number of carboxylic acid groups (broad SMARTS) is 1. The number of rotatable bonds is 4. The largest absolute Gasteiger partial charge is 0.508 e. The van der Waals surface area contributed by atoms with Crippen LogP contribution >= 0.6 is 0 Å². The Morgan fingerprint density at radius 1 is 0.969 bits per heavy atom. The Morgan fingerprint density at radius 2 is 1.66 bits per heavy atom. The van der Waals surface area contributed by atoms with Gasteiger partial charge in [0.2, 0.25) is 11.7 Å². The third-order valence-corrected chi connectivity index (χ3v) is 5.07. The molecule has 2 aromatic carbocycles. The van der Waals surface area contributed by atoms with Gasteiger partial charge in [-0.25, -0.2) is 4.79 Å². The molecule has 1 unspecified atom stereocenters. The first-order valence-electron chi connectivity index (χ1n) is 9.34. The maximum atomic E-state index is 12.9. The van der Waals surface area contributed by atoms with E-state index in [-0.39, 0.29) is 28.0 Å². The predicted octanol–water partition coefficient (Wildman–Crippen LogP) is 0.142. The maximum absolute atomic E-state index is 12.9. The van der Waals surface area contributed by atoms with Crippen LogP contribution < -0.4 is 10.2 Å². The Bertz CT molecular complexity index is 1220. The SMILES string of the molecule is O=C(O)[C@H]1OC(Oc2cc(O)c3c(=O)c(-c4ccc(O)cc4)coc3c2)[C@H](O)[C@@H](O)[C@@H]1O. The third kappa shape index (κ3) is 3.74. The van der Waals surface area contributed by atoms with Gasteiger partial charge in [0.05, 0.1) is 5.56 Å². The van der Waals surface area contributed by atoms with Crippen LogP contribution in [0.4, 0.5) is 0 Å². The first kappa shape index (κ1) is 21.6. The minimum atomic E-state index is -1.89. The van der Waals surface area contributed by atoms with Gasteiger partial charge in [-0.05, 0) is 17.7 Å². The molecule has 1 aliphatic rings. The van der Waals surface area contributed by atoms with Crippen LogP contribution in [0.1, 0.15) is 0 Å². The number of ether oxygens (including phenoxy) is 2. The minimum Gasteiger partial charge on any atom is -0.508 e. The van der Waals surface area contributed by atoms with Crippen molar-refractivity contribution in [3.8, 4) is 28.4 Å². The van der Waals surface area contributed by atoms with Crippen LogP contribution in [0, 0.1) is 0 Å². The Labute approximate surface area is 178 Å². The average Bonchev–Trinajstić information content (AvgIpc) is 2.74. The zero-order valence-corrected chi connectivity index (χ0v) is 16.2. The number of aromatic hydroxyl groups is 2. The highest BCUT2D eigenvalue weighted by Gasteiger charge is 2.48. The summed E-state index contributed by atoms with van der Waals surface area (Å²) in [7, 11) is 0. The Balaban J connectivity index is 1.68. The number of phenols is 2. The highest BCUT2D eigenvalue weighted by Crippen LogP contribution is 2.32. The fraction of sp³-hybridized carbons (Fsp3) is 0.238. The number of carbonyl (C=O) groups is 1. The number of aliphatic hydroxyl groups is 3. The lowest BCUT2D eigenvalue weighted by molar-refractivity contribution is -0.271. The molecule has 11 nitrogen and oxygen atoms in total. The fourth-order valence-electron chi connectivity index (χ4n) is 3.40. The van der Waals surface area contributed by atoms with Gasteiger partial charge in [0.1, 0.15) is 52.8 Å². The highest BCUT2D eigenvalue weighted by atomic mass is 16.7. The van der Waals surface area contributed by atoms with Crippen LogP contribution in [-0.2, 0) is 9.53 Å². The van der Waals surface area contributed by atoms with Crippen LogP contribution in [-0.4, -0.2) is 67.3 Å².